The number of anilines is 3. The van der Waals surface area contributed by atoms with Crippen LogP contribution in [0.15, 0.2) is 30.5 Å². The van der Waals surface area contributed by atoms with Crippen molar-refractivity contribution in [1.82, 2.24) is 9.97 Å². The first kappa shape index (κ1) is 19.4. The predicted molar refractivity (Wildman–Crippen MR) is 107 cm³/mol. The van der Waals surface area contributed by atoms with Crippen LogP contribution in [0, 0.1) is 6.92 Å². The van der Waals surface area contributed by atoms with Crippen molar-refractivity contribution in [3.63, 3.8) is 0 Å². The smallest absolute Gasteiger partial charge is 0.237 e. The number of nitrogens with one attached hydrogen (secondary N) is 1. The topological polar surface area (TPSA) is 87.7 Å². The number of hydrogen-bond acceptors (Lipinski definition) is 7. The molecule has 0 saturated carbocycles. The number of morpholine rings is 1. The highest BCUT2D eigenvalue weighted by molar-refractivity contribution is 7.91. The molecule has 3 rings (SSSR count). The van der Waals surface area contributed by atoms with Gasteiger partial charge < -0.3 is 14.5 Å². The number of sulfonamides is 1. The number of rotatable bonds is 6. The average Bonchev–Trinajstić information content (AvgIpc) is 2.64. The Morgan fingerprint density at radius 2 is 1.85 bits per heavy atom. The third-order valence-corrected chi connectivity index (χ3v) is 5.46. The molecule has 1 aromatic heterocycles. The van der Waals surface area contributed by atoms with Crippen LogP contribution in [-0.2, 0) is 20.5 Å². The fourth-order valence-corrected chi connectivity index (χ4v) is 3.98. The summed E-state index contributed by atoms with van der Waals surface area (Å²) >= 11 is 0. The Kier molecular flexibility index (Phi) is 5.81. The van der Waals surface area contributed by atoms with Crippen LogP contribution in [0.2, 0.25) is 0 Å². The molecule has 0 aliphatic carbocycles. The van der Waals surface area contributed by atoms with Crippen molar-refractivity contribution in [2.45, 2.75) is 12.7 Å². The zero-order chi connectivity index (χ0) is 19.4. The van der Waals surface area contributed by atoms with Gasteiger partial charge in [0.15, 0.2) is 5.82 Å². The van der Waals surface area contributed by atoms with E-state index in [0.717, 1.165) is 11.1 Å². The van der Waals surface area contributed by atoms with Gasteiger partial charge in [-0.15, -0.1) is 0 Å². The maximum absolute atomic E-state index is 12.6. The minimum atomic E-state index is -3.58. The third-order valence-electron chi connectivity index (χ3n) is 4.22. The Morgan fingerprint density at radius 1 is 1.19 bits per heavy atom. The highest BCUT2D eigenvalue weighted by Gasteiger charge is 2.20. The Bertz CT molecular complexity index is 878. The molecule has 27 heavy (non-hydrogen) atoms. The molecule has 0 atom stereocenters. The van der Waals surface area contributed by atoms with Crippen molar-refractivity contribution < 1.29 is 13.2 Å². The van der Waals surface area contributed by atoms with Crippen molar-refractivity contribution in [2.24, 2.45) is 0 Å². The van der Waals surface area contributed by atoms with E-state index in [2.05, 4.69) is 14.7 Å². The predicted octanol–water partition coefficient (Wildman–Crippen LogP) is 1.63. The lowest BCUT2D eigenvalue weighted by atomic mass is 10.2. The molecule has 1 aromatic carbocycles. The minimum Gasteiger partial charge on any atom is -0.378 e. The zero-order valence-corrected chi connectivity index (χ0v) is 16.7. The first-order chi connectivity index (χ1) is 12.8. The van der Waals surface area contributed by atoms with Gasteiger partial charge in [-0.05, 0) is 12.5 Å². The van der Waals surface area contributed by atoms with E-state index in [-0.39, 0.29) is 5.75 Å². The largest absolute Gasteiger partial charge is 0.378 e. The average molecular weight is 391 g/mol. The van der Waals surface area contributed by atoms with E-state index < -0.39 is 10.0 Å². The second-order valence-corrected chi connectivity index (χ2v) is 8.47. The molecule has 1 fully saturated rings. The molecule has 8 nitrogen and oxygen atoms in total. The molecule has 146 valence electrons. The van der Waals surface area contributed by atoms with E-state index in [0.29, 0.717) is 43.8 Å². The summed E-state index contributed by atoms with van der Waals surface area (Å²) in [6.07, 6.45) is 1.53. The van der Waals surface area contributed by atoms with Crippen molar-refractivity contribution in [2.75, 3.05) is 54.9 Å². The van der Waals surface area contributed by atoms with Gasteiger partial charge in [0.2, 0.25) is 16.0 Å². The van der Waals surface area contributed by atoms with Crippen LogP contribution < -0.4 is 14.5 Å². The van der Waals surface area contributed by atoms with E-state index in [4.69, 9.17) is 4.74 Å². The molecule has 9 heteroatoms. The summed E-state index contributed by atoms with van der Waals surface area (Å²) in [7, 11) is 0.0607. The molecule has 0 bridgehead atoms. The van der Waals surface area contributed by atoms with Gasteiger partial charge in [-0.3, -0.25) is 4.72 Å². The zero-order valence-electron chi connectivity index (χ0n) is 15.8. The minimum absolute atomic E-state index is 0.106. The van der Waals surface area contributed by atoms with Crippen molar-refractivity contribution in [1.29, 1.82) is 0 Å². The number of aryl methyl sites for hydroxylation is 1. The van der Waals surface area contributed by atoms with Gasteiger partial charge >= 0.3 is 0 Å². The van der Waals surface area contributed by atoms with E-state index >= 15 is 0 Å². The number of benzene rings is 1. The normalized spacial score (nSPS) is 14.9. The van der Waals surface area contributed by atoms with Crippen LogP contribution in [-0.4, -0.2) is 58.8 Å². The lowest BCUT2D eigenvalue weighted by Gasteiger charge is -2.28. The van der Waals surface area contributed by atoms with E-state index in [1.807, 2.05) is 50.2 Å². The maximum atomic E-state index is 12.6. The van der Waals surface area contributed by atoms with Crippen LogP contribution >= 0.6 is 0 Å². The Balaban J connectivity index is 1.81. The summed E-state index contributed by atoms with van der Waals surface area (Å²) in [5.41, 5.74) is 2.18. The molecule has 1 aliphatic heterocycles. The number of hydrogen-bond donors (Lipinski definition) is 1. The summed E-state index contributed by atoms with van der Waals surface area (Å²) in [6, 6.07) is 7.44. The number of nitrogens with zero attached hydrogens (tertiary/aromatic N) is 4. The summed E-state index contributed by atoms with van der Waals surface area (Å²) in [5, 5.41) is 0. The van der Waals surface area contributed by atoms with E-state index in [1.54, 1.807) is 4.90 Å². The van der Waals surface area contributed by atoms with Gasteiger partial charge in [0, 0.05) is 27.2 Å². The highest BCUT2D eigenvalue weighted by Crippen LogP contribution is 2.25. The Labute approximate surface area is 160 Å². The molecule has 2 heterocycles. The van der Waals surface area contributed by atoms with Gasteiger partial charge in [0.05, 0.1) is 25.2 Å². The van der Waals surface area contributed by atoms with Gasteiger partial charge in [0.1, 0.15) is 5.69 Å². The summed E-state index contributed by atoms with van der Waals surface area (Å²) in [6.45, 7) is 4.65. The second kappa shape index (κ2) is 8.10. The monoisotopic (exact) mass is 391 g/mol. The Hall–Kier alpha value is -2.39. The molecule has 1 N–H and O–H groups in total. The molecular formula is C18H25N5O3S. The Morgan fingerprint density at radius 3 is 2.48 bits per heavy atom. The molecular weight excluding hydrogens is 366 g/mol. The van der Waals surface area contributed by atoms with Crippen LogP contribution in [0.5, 0.6) is 0 Å². The maximum Gasteiger partial charge on any atom is 0.237 e. The SMILES string of the molecule is Cc1ccc(CS(=O)(=O)Nc2cnc(N3CCOCC3)nc2N(C)C)cc1. The van der Waals surface area contributed by atoms with Crippen molar-refractivity contribution in [3.8, 4) is 0 Å². The van der Waals surface area contributed by atoms with Crippen LogP contribution in [0.25, 0.3) is 0 Å². The first-order valence-corrected chi connectivity index (χ1v) is 10.4. The summed E-state index contributed by atoms with van der Waals surface area (Å²) < 4.78 is 33.2. The molecule has 1 aliphatic rings. The first-order valence-electron chi connectivity index (χ1n) is 8.77. The van der Waals surface area contributed by atoms with Crippen LogP contribution in [0.1, 0.15) is 11.1 Å². The van der Waals surface area contributed by atoms with Crippen molar-refractivity contribution in [3.05, 3.63) is 41.6 Å². The molecule has 1 saturated heterocycles. The van der Waals surface area contributed by atoms with Crippen LogP contribution in [0.3, 0.4) is 0 Å². The molecule has 0 spiro atoms. The van der Waals surface area contributed by atoms with E-state index in [9.17, 15) is 8.42 Å². The lowest BCUT2D eigenvalue weighted by molar-refractivity contribution is 0.122. The highest BCUT2D eigenvalue weighted by atomic mass is 32.2. The van der Waals surface area contributed by atoms with Gasteiger partial charge in [-0.2, -0.15) is 4.98 Å². The molecule has 0 amide bonds. The van der Waals surface area contributed by atoms with Crippen LogP contribution in [0.4, 0.5) is 17.5 Å². The van der Waals surface area contributed by atoms with Gasteiger partial charge in [-0.25, -0.2) is 13.4 Å². The lowest BCUT2D eigenvalue weighted by Crippen LogP contribution is -2.37. The van der Waals surface area contributed by atoms with E-state index in [1.165, 1.54) is 6.20 Å². The standard InChI is InChI=1S/C18H25N5O3S/c1-14-4-6-15(7-5-14)13-27(24,25)21-16-12-19-18(20-17(16)22(2)3)23-8-10-26-11-9-23/h4-7,12,21H,8-11,13H2,1-3H3. The second-order valence-electron chi connectivity index (χ2n) is 6.75. The fourth-order valence-electron chi connectivity index (χ4n) is 2.80. The number of aromatic nitrogens is 2. The van der Waals surface area contributed by atoms with Crippen molar-refractivity contribution >= 4 is 27.5 Å². The summed E-state index contributed by atoms with van der Waals surface area (Å²) in [4.78, 5) is 12.7. The fraction of sp³-hybridized carbons (Fsp3) is 0.444. The molecule has 0 unspecified atom stereocenters. The van der Waals surface area contributed by atoms with Gasteiger partial charge in [-0.1, -0.05) is 29.8 Å². The third kappa shape index (κ3) is 5.08. The molecule has 2 aromatic rings. The molecule has 0 radical (unpaired) electrons. The van der Waals surface area contributed by atoms with Gasteiger partial charge in [0.25, 0.3) is 0 Å². The summed E-state index contributed by atoms with van der Waals surface area (Å²) in [5.74, 6) is 0.994. The number of ether oxygens (including phenoxy) is 1. The quantitative estimate of drug-likeness (QED) is 0.801.